The largest absolute Gasteiger partial charge is 0.481 e. The van der Waals surface area contributed by atoms with Crippen molar-refractivity contribution in [1.82, 2.24) is 10.6 Å². The number of methoxy groups -OCH3 is 1. The van der Waals surface area contributed by atoms with Gasteiger partial charge in [0, 0.05) is 13.2 Å². The number of carbonyl (C=O) groups excluding carboxylic acids is 1. The second-order valence-corrected chi connectivity index (χ2v) is 5.78. The molecule has 7 nitrogen and oxygen atoms in total. The van der Waals surface area contributed by atoms with Crippen molar-refractivity contribution in [1.29, 1.82) is 0 Å². The van der Waals surface area contributed by atoms with Crippen LogP contribution in [0.2, 0.25) is 0 Å². The van der Waals surface area contributed by atoms with Crippen LogP contribution in [0.5, 0.6) is 0 Å². The molecule has 20 heavy (non-hydrogen) atoms. The molecule has 114 valence electrons. The van der Waals surface area contributed by atoms with Gasteiger partial charge in [0.1, 0.15) is 5.41 Å². The van der Waals surface area contributed by atoms with Gasteiger partial charge in [-0.2, -0.15) is 0 Å². The van der Waals surface area contributed by atoms with E-state index in [4.69, 9.17) is 9.47 Å². The molecule has 1 saturated carbocycles. The Labute approximate surface area is 118 Å². The Balaban J connectivity index is 1.84. The third-order valence-corrected chi connectivity index (χ3v) is 4.30. The zero-order valence-electron chi connectivity index (χ0n) is 11.8. The lowest BCUT2D eigenvalue weighted by molar-refractivity contribution is -0.148. The van der Waals surface area contributed by atoms with Crippen LogP contribution in [0.4, 0.5) is 4.79 Å². The van der Waals surface area contributed by atoms with Crippen molar-refractivity contribution < 1.29 is 24.2 Å². The number of aliphatic carboxylic acids is 1. The van der Waals surface area contributed by atoms with E-state index in [2.05, 4.69) is 10.6 Å². The van der Waals surface area contributed by atoms with E-state index >= 15 is 0 Å². The Hall–Kier alpha value is -1.34. The smallest absolute Gasteiger partial charge is 0.315 e. The summed E-state index contributed by atoms with van der Waals surface area (Å²) in [5, 5.41) is 14.8. The molecule has 1 heterocycles. The molecule has 0 aromatic heterocycles. The van der Waals surface area contributed by atoms with Crippen molar-refractivity contribution in [3.8, 4) is 0 Å². The third kappa shape index (κ3) is 3.04. The van der Waals surface area contributed by atoms with E-state index in [0.29, 0.717) is 0 Å². The molecule has 0 aromatic carbocycles. The zero-order valence-corrected chi connectivity index (χ0v) is 11.8. The molecule has 1 saturated heterocycles. The van der Waals surface area contributed by atoms with Gasteiger partial charge in [-0.1, -0.05) is 0 Å². The van der Waals surface area contributed by atoms with Gasteiger partial charge in [-0.3, -0.25) is 4.79 Å². The molecule has 0 spiro atoms. The number of carboxylic acid groups (broad SMARTS) is 1. The number of carbonyl (C=O) groups is 2. The molecule has 0 radical (unpaired) electrons. The number of rotatable bonds is 4. The summed E-state index contributed by atoms with van der Waals surface area (Å²) in [6.07, 6.45) is 2.80. The molecule has 4 atom stereocenters. The topological polar surface area (TPSA) is 96.9 Å². The lowest BCUT2D eigenvalue weighted by atomic mass is 9.85. The standard InChI is InChI=1S/C13H22N2O5/c1-13(11(16)17)7-20-6-10(13)15-12(18)14-8-3-4-9(5-8)19-2/h8-10H,3-7H2,1-2H3,(H,16,17)(H2,14,15,18). The fourth-order valence-corrected chi connectivity index (χ4v) is 2.76. The molecular weight excluding hydrogens is 264 g/mol. The number of carboxylic acids is 1. The van der Waals surface area contributed by atoms with Gasteiger partial charge in [-0.05, 0) is 26.2 Å². The van der Waals surface area contributed by atoms with Crippen LogP contribution < -0.4 is 10.6 Å². The first-order valence-electron chi connectivity index (χ1n) is 6.86. The van der Waals surface area contributed by atoms with E-state index in [9.17, 15) is 14.7 Å². The molecule has 2 fully saturated rings. The second-order valence-electron chi connectivity index (χ2n) is 5.78. The normalized spacial score (nSPS) is 36.8. The minimum absolute atomic E-state index is 0.0818. The van der Waals surface area contributed by atoms with E-state index in [0.717, 1.165) is 19.3 Å². The second kappa shape index (κ2) is 5.97. The van der Waals surface area contributed by atoms with Crippen LogP contribution >= 0.6 is 0 Å². The van der Waals surface area contributed by atoms with Crippen molar-refractivity contribution in [2.45, 2.75) is 44.4 Å². The highest BCUT2D eigenvalue weighted by molar-refractivity contribution is 5.79. The number of hydrogen-bond donors (Lipinski definition) is 3. The average molecular weight is 286 g/mol. The molecule has 2 aliphatic rings. The predicted octanol–water partition coefficient (Wildman–Crippen LogP) is 0.343. The summed E-state index contributed by atoms with van der Waals surface area (Å²) >= 11 is 0. The molecule has 2 rings (SSSR count). The summed E-state index contributed by atoms with van der Waals surface area (Å²) in [5.74, 6) is -0.958. The first-order valence-corrected chi connectivity index (χ1v) is 6.86. The van der Waals surface area contributed by atoms with Gasteiger partial charge in [0.05, 0.1) is 25.4 Å². The van der Waals surface area contributed by atoms with Crippen LogP contribution in [-0.4, -0.2) is 55.6 Å². The average Bonchev–Trinajstić information content (AvgIpc) is 2.98. The first-order chi connectivity index (χ1) is 9.45. The van der Waals surface area contributed by atoms with Crippen molar-refractivity contribution in [2.75, 3.05) is 20.3 Å². The van der Waals surface area contributed by atoms with Crippen molar-refractivity contribution >= 4 is 12.0 Å². The number of hydrogen-bond acceptors (Lipinski definition) is 4. The van der Waals surface area contributed by atoms with Crippen LogP contribution in [0.25, 0.3) is 0 Å². The van der Waals surface area contributed by atoms with Gasteiger partial charge in [0.15, 0.2) is 0 Å². The molecular formula is C13H22N2O5. The van der Waals surface area contributed by atoms with E-state index in [1.165, 1.54) is 0 Å². The Morgan fingerprint density at radius 3 is 2.70 bits per heavy atom. The Bertz CT molecular complexity index is 389. The summed E-state index contributed by atoms with van der Waals surface area (Å²) < 4.78 is 10.4. The van der Waals surface area contributed by atoms with Crippen LogP contribution in [0, 0.1) is 5.41 Å². The van der Waals surface area contributed by atoms with Crippen LogP contribution in [0.1, 0.15) is 26.2 Å². The quantitative estimate of drug-likeness (QED) is 0.692. The first kappa shape index (κ1) is 15.1. The fourth-order valence-electron chi connectivity index (χ4n) is 2.76. The van der Waals surface area contributed by atoms with Gasteiger partial charge >= 0.3 is 12.0 Å². The number of nitrogens with one attached hydrogen (secondary N) is 2. The van der Waals surface area contributed by atoms with Gasteiger partial charge in [-0.25, -0.2) is 4.79 Å². The summed E-state index contributed by atoms with van der Waals surface area (Å²) in [5.41, 5.74) is -1.07. The van der Waals surface area contributed by atoms with Crippen LogP contribution in [-0.2, 0) is 14.3 Å². The van der Waals surface area contributed by atoms with E-state index in [1.807, 2.05) is 0 Å². The summed E-state index contributed by atoms with van der Waals surface area (Å²) in [4.78, 5) is 23.2. The maximum absolute atomic E-state index is 11.9. The Morgan fingerprint density at radius 2 is 2.10 bits per heavy atom. The fraction of sp³-hybridized carbons (Fsp3) is 0.846. The maximum atomic E-state index is 11.9. The molecule has 7 heteroatoms. The molecule has 1 aliphatic carbocycles. The summed E-state index contributed by atoms with van der Waals surface area (Å²) in [6, 6.07) is -0.771. The number of amides is 2. The lowest BCUT2D eigenvalue weighted by Gasteiger charge is -2.26. The summed E-state index contributed by atoms with van der Waals surface area (Å²) in [6.45, 7) is 1.92. The van der Waals surface area contributed by atoms with Gasteiger partial charge in [0.25, 0.3) is 0 Å². The van der Waals surface area contributed by atoms with Crippen LogP contribution in [0.15, 0.2) is 0 Å². The van der Waals surface area contributed by atoms with E-state index < -0.39 is 17.4 Å². The molecule has 3 N–H and O–H groups in total. The molecule has 4 unspecified atom stereocenters. The van der Waals surface area contributed by atoms with Crippen molar-refractivity contribution in [3.05, 3.63) is 0 Å². The monoisotopic (exact) mass is 286 g/mol. The highest BCUT2D eigenvalue weighted by Crippen LogP contribution is 2.28. The lowest BCUT2D eigenvalue weighted by Crippen LogP contribution is -2.53. The highest BCUT2D eigenvalue weighted by atomic mass is 16.5. The number of urea groups is 1. The molecule has 0 bridgehead atoms. The molecule has 1 aliphatic heterocycles. The Kier molecular flexibility index (Phi) is 4.49. The van der Waals surface area contributed by atoms with E-state index in [1.54, 1.807) is 14.0 Å². The minimum atomic E-state index is -1.07. The highest BCUT2D eigenvalue weighted by Gasteiger charge is 2.47. The van der Waals surface area contributed by atoms with Crippen molar-refractivity contribution in [2.24, 2.45) is 5.41 Å². The van der Waals surface area contributed by atoms with E-state index in [-0.39, 0.29) is 31.4 Å². The predicted molar refractivity (Wildman–Crippen MR) is 70.5 cm³/mol. The Morgan fingerprint density at radius 1 is 1.35 bits per heavy atom. The van der Waals surface area contributed by atoms with Gasteiger partial charge in [0.2, 0.25) is 0 Å². The number of ether oxygens (including phenoxy) is 2. The van der Waals surface area contributed by atoms with Crippen molar-refractivity contribution in [3.63, 3.8) is 0 Å². The SMILES string of the molecule is COC1CCC(NC(=O)NC2COCC2(C)C(=O)O)C1. The molecule has 2 amide bonds. The van der Waals surface area contributed by atoms with Gasteiger partial charge < -0.3 is 25.2 Å². The van der Waals surface area contributed by atoms with Gasteiger partial charge in [-0.15, -0.1) is 0 Å². The van der Waals surface area contributed by atoms with Crippen LogP contribution in [0.3, 0.4) is 0 Å². The maximum Gasteiger partial charge on any atom is 0.315 e. The molecule has 0 aromatic rings. The zero-order chi connectivity index (χ0) is 14.8. The summed E-state index contributed by atoms with van der Waals surface area (Å²) in [7, 11) is 1.67. The minimum Gasteiger partial charge on any atom is -0.481 e. The third-order valence-electron chi connectivity index (χ3n) is 4.30.